The Balaban J connectivity index is 1.23. The maximum absolute atomic E-state index is 13.0. The predicted octanol–water partition coefficient (Wildman–Crippen LogP) is 4.15. The third kappa shape index (κ3) is 3.35. The number of methoxy groups -OCH3 is 1. The first-order valence-corrected chi connectivity index (χ1v) is 10.8. The van der Waals surface area contributed by atoms with Crippen LogP contribution in [0.1, 0.15) is 42.7 Å². The van der Waals surface area contributed by atoms with E-state index in [-0.39, 0.29) is 11.8 Å². The zero-order chi connectivity index (χ0) is 18.4. The lowest BCUT2D eigenvalue weighted by Crippen LogP contribution is -2.49. The first kappa shape index (κ1) is 17.2. The Morgan fingerprint density at radius 2 is 1.74 bits per heavy atom. The molecule has 6 heteroatoms. The van der Waals surface area contributed by atoms with Crippen LogP contribution in [-0.4, -0.2) is 23.2 Å². The molecular formula is C21H25N3O2S. The number of rotatable bonds is 5. The molecule has 1 heterocycles. The molecule has 142 valence electrons. The van der Waals surface area contributed by atoms with E-state index in [1.165, 1.54) is 43.4 Å². The van der Waals surface area contributed by atoms with Crippen molar-refractivity contribution in [2.24, 2.45) is 29.6 Å². The van der Waals surface area contributed by atoms with E-state index in [0.29, 0.717) is 17.0 Å². The lowest BCUT2D eigenvalue weighted by Gasteiger charge is -2.53. The van der Waals surface area contributed by atoms with E-state index in [9.17, 15) is 4.79 Å². The molecule has 1 aromatic heterocycles. The summed E-state index contributed by atoms with van der Waals surface area (Å²) in [5, 5.41) is 13.1. The molecular weight excluding hydrogens is 358 g/mol. The van der Waals surface area contributed by atoms with Crippen LogP contribution >= 0.6 is 11.3 Å². The van der Waals surface area contributed by atoms with E-state index < -0.39 is 0 Å². The molecule has 0 radical (unpaired) electrons. The summed E-state index contributed by atoms with van der Waals surface area (Å²) in [5.74, 6) is 4.16. The fraction of sp³-hybridized carbons (Fsp3) is 0.571. The second-order valence-electron chi connectivity index (χ2n) is 8.47. The molecule has 4 aliphatic rings. The number of benzene rings is 1. The highest BCUT2D eigenvalue weighted by Gasteiger charge is 2.50. The van der Waals surface area contributed by atoms with E-state index in [2.05, 4.69) is 15.5 Å². The number of aromatic nitrogens is 2. The zero-order valence-corrected chi connectivity index (χ0v) is 16.4. The van der Waals surface area contributed by atoms with Crippen LogP contribution in [0.4, 0.5) is 5.13 Å². The molecule has 4 fully saturated rings. The summed E-state index contributed by atoms with van der Waals surface area (Å²) in [6.45, 7) is 0. The highest BCUT2D eigenvalue weighted by atomic mass is 32.1. The van der Waals surface area contributed by atoms with Crippen LogP contribution in [0, 0.1) is 29.6 Å². The van der Waals surface area contributed by atoms with Crippen LogP contribution in [-0.2, 0) is 11.2 Å². The summed E-state index contributed by atoms with van der Waals surface area (Å²) in [6, 6.07) is 7.97. The smallest absolute Gasteiger partial charge is 0.229 e. The summed E-state index contributed by atoms with van der Waals surface area (Å²) in [7, 11) is 1.66. The maximum Gasteiger partial charge on any atom is 0.229 e. The van der Waals surface area contributed by atoms with Crippen LogP contribution in [0.25, 0.3) is 0 Å². The minimum Gasteiger partial charge on any atom is -0.497 e. The van der Waals surface area contributed by atoms with Gasteiger partial charge in [-0.05, 0) is 73.5 Å². The number of carbonyl (C=O) groups excluding carboxylic acids is 1. The molecule has 2 aromatic rings. The van der Waals surface area contributed by atoms with Crippen molar-refractivity contribution in [2.45, 2.75) is 38.5 Å². The summed E-state index contributed by atoms with van der Waals surface area (Å²) < 4.78 is 5.19. The second kappa shape index (κ2) is 6.89. The molecule has 1 amide bonds. The van der Waals surface area contributed by atoms with Crippen molar-refractivity contribution in [1.82, 2.24) is 10.2 Å². The summed E-state index contributed by atoms with van der Waals surface area (Å²) in [5.41, 5.74) is 1.16. The van der Waals surface area contributed by atoms with Crippen molar-refractivity contribution in [3.05, 3.63) is 34.8 Å². The third-order valence-corrected chi connectivity index (χ3v) is 7.58. The Morgan fingerprint density at radius 3 is 2.37 bits per heavy atom. The second-order valence-corrected chi connectivity index (χ2v) is 9.53. The van der Waals surface area contributed by atoms with Gasteiger partial charge in [0.1, 0.15) is 10.8 Å². The molecule has 27 heavy (non-hydrogen) atoms. The van der Waals surface area contributed by atoms with E-state index in [0.717, 1.165) is 34.6 Å². The summed E-state index contributed by atoms with van der Waals surface area (Å²) >= 11 is 1.48. The van der Waals surface area contributed by atoms with Gasteiger partial charge in [-0.25, -0.2) is 0 Å². The first-order chi connectivity index (χ1) is 13.2. The van der Waals surface area contributed by atoms with Crippen molar-refractivity contribution >= 4 is 22.4 Å². The number of ether oxygens (including phenoxy) is 1. The number of hydrogen-bond acceptors (Lipinski definition) is 5. The highest BCUT2D eigenvalue weighted by molar-refractivity contribution is 7.15. The molecule has 4 saturated carbocycles. The number of hydrogen-bond donors (Lipinski definition) is 1. The zero-order valence-electron chi connectivity index (χ0n) is 15.6. The quantitative estimate of drug-likeness (QED) is 0.842. The number of amides is 1. The summed E-state index contributed by atoms with van der Waals surface area (Å²) in [4.78, 5) is 13.0. The highest BCUT2D eigenvalue weighted by Crippen LogP contribution is 2.56. The van der Waals surface area contributed by atoms with E-state index in [1.54, 1.807) is 7.11 Å². The number of anilines is 1. The van der Waals surface area contributed by atoms with Gasteiger partial charge in [0, 0.05) is 12.3 Å². The molecule has 0 atom stereocenters. The molecule has 5 nitrogen and oxygen atoms in total. The Labute approximate surface area is 163 Å². The average Bonchev–Trinajstić information content (AvgIpc) is 3.08. The van der Waals surface area contributed by atoms with Crippen LogP contribution in [0.5, 0.6) is 5.75 Å². The minimum absolute atomic E-state index is 0.177. The van der Waals surface area contributed by atoms with Crippen molar-refractivity contribution in [3.8, 4) is 5.75 Å². The molecule has 4 aliphatic carbocycles. The van der Waals surface area contributed by atoms with Crippen LogP contribution in [0.2, 0.25) is 0 Å². The fourth-order valence-corrected chi connectivity index (χ4v) is 6.61. The SMILES string of the molecule is COc1ccc(Cc2nnc(NC(=O)C3C4CC5CC(C4)CC3C5)s2)cc1. The van der Waals surface area contributed by atoms with Crippen molar-refractivity contribution in [2.75, 3.05) is 12.4 Å². The molecule has 1 N–H and O–H groups in total. The van der Waals surface area contributed by atoms with Crippen LogP contribution in [0.3, 0.4) is 0 Å². The Bertz CT molecular complexity index is 804. The van der Waals surface area contributed by atoms with Crippen molar-refractivity contribution in [1.29, 1.82) is 0 Å². The standard InChI is InChI=1S/C21H25N3O2S/c1-26-17-4-2-12(3-5-17)11-18-23-24-21(27-18)22-20(25)19-15-7-13-6-14(9-15)10-16(19)8-13/h2-5,13-16,19H,6-11H2,1H3,(H,22,24,25). The minimum atomic E-state index is 0.177. The van der Waals surface area contributed by atoms with Gasteiger partial charge >= 0.3 is 0 Å². The molecule has 0 aliphatic heterocycles. The topological polar surface area (TPSA) is 64.1 Å². The first-order valence-electron chi connectivity index (χ1n) is 9.94. The third-order valence-electron chi connectivity index (χ3n) is 6.74. The lowest BCUT2D eigenvalue weighted by molar-refractivity contribution is -0.132. The van der Waals surface area contributed by atoms with E-state index >= 15 is 0 Å². The molecule has 4 bridgehead atoms. The Hall–Kier alpha value is -1.95. The van der Waals surface area contributed by atoms with Crippen molar-refractivity contribution in [3.63, 3.8) is 0 Å². The number of nitrogens with one attached hydrogen (secondary N) is 1. The lowest BCUT2D eigenvalue weighted by atomic mass is 9.51. The summed E-state index contributed by atoms with van der Waals surface area (Å²) in [6.07, 6.45) is 7.14. The normalized spacial score (nSPS) is 31.1. The monoisotopic (exact) mass is 383 g/mol. The van der Waals surface area contributed by atoms with Gasteiger partial charge in [0.15, 0.2) is 0 Å². The van der Waals surface area contributed by atoms with E-state index in [1.807, 2.05) is 24.3 Å². The predicted molar refractivity (Wildman–Crippen MR) is 105 cm³/mol. The molecule has 0 unspecified atom stereocenters. The largest absolute Gasteiger partial charge is 0.497 e. The van der Waals surface area contributed by atoms with Crippen molar-refractivity contribution < 1.29 is 9.53 Å². The number of carbonyl (C=O) groups is 1. The Kier molecular flexibility index (Phi) is 4.38. The van der Waals surface area contributed by atoms with Gasteiger partial charge in [-0.15, -0.1) is 10.2 Å². The van der Waals surface area contributed by atoms with E-state index in [4.69, 9.17) is 4.74 Å². The van der Waals surface area contributed by atoms with Gasteiger partial charge in [-0.2, -0.15) is 0 Å². The van der Waals surface area contributed by atoms with Crippen LogP contribution < -0.4 is 10.1 Å². The fourth-order valence-electron chi connectivity index (χ4n) is 5.84. The molecule has 6 rings (SSSR count). The van der Waals surface area contributed by atoms with Gasteiger partial charge in [-0.1, -0.05) is 23.5 Å². The molecule has 0 spiro atoms. The van der Waals surface area contributed by atoms with Gasteiger partial charge < -0.3 is 10.1 Å². The number of nitrogens with zero attached hydrogens (tertiary/aromatic N) is 2. The Morgan fingerprint density at radius 1 is 1.07 bits per heavy atom. The molecule has 1 aromatic carbocycles. The van der Waals surface area contributed by atoms with Gasteiger partial charge in [0.25, 0.3) is 0 Å². The molecule has 0 saturated heterocycles. The average molecular weight is 384 g/mol. The maximum atomic E-state index is 13.0. The van der Waals surface area contributed by atoms with Gasteiger partial charge in [0.2, 0.25) is 11.0 Å². The van der Waals surface area contributed by atoms with Gasteiger partial charge in [0.05, 0.1) is 7.11 Å². The van der Waals surface area contributed by atoms with Gasteiger partial charge in [-0.3, -0.25) is 4.79 Å². The van der Waals surface area contributed by atoms with Crippen LogP contribution in [0.15, 0.2) is 24.3 Å².